The van der Waals surface area contributed by atoms with Crippen molar-refractivity contribution in [3.8, 4) is 5.75 Å². The third-order valence-corrected chi connectivity index (χ3v) is 6.42. The summed E-state index contributed by atoms with van der Waals surface area (Å²) in [5.41, 5.74) is 1.25. The molecule has 7 heteroatoms. The Morgan fingerprint density at radius 2 is 1.89 bits per heavy atom. The number of methoxy groups -OCH3 is 1. The molecule has 0 spiro atoms. The fourth-order valence-electron chi connectivity index (χ4n) is 4.45. The molecule has 1 aliphatic heterocycles. The first kappa shape index (κ1) is 25.2. The average Bonchev–Trinajstić information content (AvgIpc) is 3.11. The van der Waals surface area contributed by atoms with Gasteiger partial charge in [-0.2, -0.15) is 0 Å². The average molecular weight is 487 g/mol. The molecule has 0 aromatic heterocycles. The Morgan fingerprint density at radius 1 is 1.11 bits per heavy atom. The molecule has 3 N–H and O–H groups in total. The zero-order valence-corrected chi connectivity index (χ0v) is 20.3. The first-order valence-electron chi connectivity index (χ1n) is 11.8. The molecular formula is C29H30N2O5. The van der Waals surface area contributed by atoms with Gasteiger partial charge in [0.05, 0.1) is 19.3 Å². The molecule has 3 aromatic carbocycles. The van der Waals surface area contributed by atoms with E-state index in [0.29, 0.717) is 34.7 Å². The number of amides is 2. The minimum absolute atomic E-state index is 0.0106. The summed E-state index contributed by atoms with van der Waals surface area (Å²) in [6.07, 6.45) is 3.95. The molecule has 1 aliphatic rings. The fourth-order valence-corrected chi connectivity index (χ4v) is 4.45. The second-order valence-electron chi connectivity index (χ2n) is 8.79. The van der Waals surface area contributed by atoms with Gasteiger partial charge in [0.2, 0.25) is 0 Å². The predicted molar refractivity (Wildman–Crippen MR) is 139 cm³/mol. The molecule has 0 saturated heterocycles. The van der Waals surface area contributed by atoms with E-state index in [1.54, 1.807) is 72.5 Å². The van der Waals surface area contributed by atoms with Crippen LogP contribution in [0.15, 0.2) is 84.9 Å². The summed E-state index contributed by atoms with van der Waals surface area (Å²) in [6, 6.07) is 21.5. The third-order valence-electron chi connectivity index (χ3n) is 6.42. The topological polar surface area (TPSA) is 99.1 Å². The molecular weight excluding hydrogens is 456 g/mol. The molecule has 0 bridgehead atoms. The maximum Gasteiger partial charge on any atom is 0.264 e. The number of rotatable bonds is 9. The van der Waals surface area contributed by atoms with Gasteiger partial charge in [-0.25, -0.2) is 0 Å². The zero-order chi connectivity index (χ0) is 25.7. The van der Waals surface area contributed by atoms with Crippen LogP contribution < -0.4 is 15.0 Å². The number of aliphatic hydroxyl groups is 2. The van der Waals surface area contributed by atoms with Crippen molar-refractivity contribution >= 4 is 23.2 Å². The lowest BCUT2D eigenvalue weighted by molar-refractivity contribution is -0.139. The van der Waals surface area contributed by atoms with E-state index in [1.807, 2.05) is 24.3 Å². The summed E-state index contributed by atoms with van der Waals surface area (Å²) in [4.78, 5) is 27.8. The van der Waals surface area contributed by atoms with Crippen LogP contribution in [0.4, 0.5) is 11.4 Å². The van der Waals surface area contributed by atoms with Crippen molar-refractivity contribution < 1.29 is 24.5 Å². The summed E-state index contributed by atoms with van der Waals surface area (Å²) in [7, 11) is 1.54. The Bertz CT molecular complexity index is 1270. The Kier molecular flexibility index (Phi) is 7.52. The molecule has 0 radical (unpaired) electrons. The number of hydrogen-bond acceptors (Lipinski definition) is 5. The Hall–Kier alpha value is -3.94. The van der Waals surface area contributed by atoms with Crippen molar-refractivity contribution in [1.82, 2.24) is 0 Å². The number of benzene rings is 3. The fraction of sp³-hybridized carbons (Fsp3) is 0.241. The van der Waals surface area contributed by atoms with Crippen LogP contribution in [0.5, 0.6) is 5.75 Å². The number of nitrogens with one attached hydrogen (secondary N) is 1. The van der Waals surface area contributed by atoms with E-state index in [1.165, 1.54) is 7.11 Å². The Labute approximate surface area is 210 Å². The quantitative estimate of drug-likeness (QED) is 0.393. The second kappa shape index (κ2) is 10.8. The Balaban J connectivity index is 1.62. The number of nitrogens with zero attached hydrogens (tertiary/aromatic N) is 1. The molecule has 36 heavy (non-hydrogen) atoms. The van der Waals surface area contributed by atoms with Gasteiger partial charge in [-0.15, -0.1) is 0 Å². The number of ether oxygens (including phenoxy) is 1. The molecule has 2 atom stereocenters. The first-order chi connectivity index (χ1) is 17.4. The van der Waals surface area contributed by atoms with Gasteiger partial charge in [0.1, 0.15) is 5.75 Å². The van der Waals surface area contributed by atoms with Crippen molar-refractivity contribution in [1.29, 1.82) is 0 Å². The van der Waals surface area contributed by atoms with Crippen molar-refractivity contribution in [2.75, 3.05) is 23.9 Å². The van der Waals surface area contributed by atoms with Crippen LogP contribution in [0.1, 0.15) is 34.8 Å². The van der Waals surface area contributed by atoms with Gasteiger partial charge in [-0.1, -0.05) is 49.4 Å². The second-order valence-corrected chi connectivity index (χ2v) is 8.79. The Morgan fingerprint density at radius 3 is 2.61 bits per heavy atom. The third kappa shape index (κ3) is 4.89. The molecule has 3 aromatic rings. The van der Waals surface area contributed by atoms with Gasteiger partial charge in [0.25, 0.3) is 11.8 Å². The standard InChI is InChI=1S/C29H30N2O5/c1-20(9-6-7-16-32)29(35)25-18-24(36-2)14-15-26(25)31(28(29)34)19-21-10-8-13-23(17-21)30-27(33)22-11-4-3-5-12-22/h3-6,8-15,17-18,20,32,35H,7,16,19H2,1-2H3,(H,30,33)/b9-6+/t20-,29+/m1/s1. The van der Waals surface area contributed by atoms with E-state index >= 15 is 0 Å². The maximum atomic E-state index is 13.7. The molecule has 0 saturated carbocycles. The van der Waals surface area contributed by atoms with Crippen molar-refractivity contribution in [3.05, 3.63) is 102 Å². The van der Waals surface area contributed by atoms with Gasteiger partial charge in [-0.3, -0.25) is 9.59 Å². The molecule has 0 aliphatic carbocycles. The summed E-state index contributed by atoms with van der Waals surface area (Å²) >= 11 is 0. The molecule has 186 valence electrons. The minimum atomic E-state index is -1.78. The smallest absolute Gasteiger partial charge is 0.264 e. The highest BCUT2D eigenvalue weighted by Crippen LogP contribution is 2.47. The molecule has 7 nitrogen and oxygen atoms in total. The molecule has 2 amide bonds. The van der Waals surface area contributed by atoms with Gasteiger partial charge in [0.15, 0.2) is 5.60 Å². The number of anilines is 2. The summed E-state index contributed by atoms with van der Waals surface area (Å²) in [6.45, 7) is 1.98. The first-order valence-corrected chi connectivity index (χ1v) is 11.8. The number of carbonyl (C=O) groups is 2. The van der Waals surface area contributed by atoms with E-state index < -0.39 is 17.4 Å². The van der Waals surface area contributed by atoms with Gasteiger partial charge < -0.3 is 25.2 Å². The highest BCUT2D eigenvalue weighted by atomic mass is 16.5. The molecule has 0 unspecified atom stereocenters. The lowest BCUT2D eigenvalue weighted by Gasteiger charge is -2.28. The van der Waals surface area contributed by atoms with Crippen LogP contribution in [0, 0.1) is 5.92 Å². The molecule has 1 heterocycles. The number of hydrogen-bond donors (Lipinski definition) is 3. The van der Waals surface area contributed by atoms with Gasteiger partial charge in [-0.05, 0) is 54.4 Å². The van der Waals surface area contributed by atoms with E-state index in [4.69, 9.17) is 9.84 Å². The monoisotopic (exact) mass is 486 g/mol. The van der Waals surface area contributed by atoms with Crippen LogP contribution in [-0.4, -0.2) is 35.7 Å². The summed E-state index contributed by atoms with van der Waals surface area (Å²) in [5.74, 6) is -0.659. The van der Waals surface area contributed by atoms with Crippen LogP contribution in [-0.2, 0) is 16.9 Å². The van der Waals surface area contributed by atoms with Crippen LogP contribution >= 0.6 is 0 Å². The van der Waals surface area contributed by atoms with E-state index in [2.05, 4.69) is 5.32 Å². The maximum absolute atomic E-state index is 13.7. The molecule has 0 fully saturated rings. The zero-order valence-electron chi connectivity index (χ0n) is 20.3. The van der Waals surface area contributed by atoms with Crippen LogP contribution in [0.3, 0.4) is 0 Å². The van der Waals surface area contributed by atoms with E-state index in [0.717, 1.165) is 5.56 Å². The van der Waals surface area contributed by atoms with Gasteiger partial charge >= 0.3 is 0 Å². The van der Waals surface area contributed by atoms with Crippen LogP contribution in [0.2, 0.25) is 0 Å². The summed E-state index contributed by atoms with van der Waals surface area (Å²) in [5, 5.41) is 23.7. The lowest BCUT2D eigenvalue weighted by atomic mass is 9.83. The minimum Gasteiger partial charge on any atom is -0.497 e. The molecule has 4 rings (SSSR count). The van der Waals surface area contributed by atoms with Crippen molar-refractivity contribution in [2.45, 2.75) is 25.5 Å². The normalized spacial score (nSPS) is 17.8. The largest absolute Gasteiger partial charge is 0.497 e. The number of aliphatic hydroxyl groups excluding tert-OH is 1. The van der Waals surface area contributed by atoms with E-state index in [-0.39, 0.29) is 19.1 Å². The highest BCUT2D eigenvalue weighted by Gasteiger charge is 2.52. The summed E-state index contributed by atoms with van der Waals surface area (Å²) < 4.78 is 5.36. The van der Waals surface area contributed by atoms with Gasteiger partial charge in [0, 0.05) is 29.3 Å². The SMILES string of the molecule is COc1ccc2c(c1)[C@@](O)([C@H](C)/C=C/CCO)C(=O)N2Cc1cccc(NC(=O)c2ccccc2)c1. The van der Waals surface area contributed by atoms with E-state index in [9.17, 15) is 14.7 Å². The van der Waals surface area contributed by atoms with Crippen molar-refractivity contribution in [3.63, 3.8) is 0 Å². The highest BCUT2D eigenvalue weighted by molar-refractivity contribution is 6.07. The van der Waals surface area contributed by atoms with Crippen LogP contribution in [0.25, 0.3) is 0 Å². The lowest BCUT2D eigenvalue weighted by Crippen LogP contribution is -2.44. The van der Waals surface area contributed by atoms with Crippen molar-refractivity contribution in [2.24, 2.45) is 5.92 Å². The predicted octanol–water partition coefficient (Wildman–Crippen LogP) is 4.26. The number of carbonyl (C=O) groups excluding carboxylic acids is 2. The number of fused-ring (bicyclic) bond motifs is 1.